The van der Waals surface area contributed by atoms with Crippen LogP contribution in [0.3, 0.4) is 0 Å². The van der Waals surface area contributed by atoms with Crippen molar-refractivity contribution in [1.29, 1.82) is 0 Å². The molecule has 0 fully saturated rings. The van der Waals surface area contributed by atoms with E-state index >= 15 is 0 Å². The van der Waals surface area contributed by atoms with Gasteiger partial charge in [0.25, 0.3) is 0 Å². The van der Waals surface area contributed by atoms with Gasteiger partial charge in [-0.15, -0.1) is 0 Å². The lowest BCUT2D eigenvalue weighted by Crippen LogP contribution is -2.31. The molecule has 0 unspecified atom stereocenters. The number of nitrogens with one attached hydrogen (secondary N) is 1. The van der Waals surface area contributed by atoms with Crippen LogP contribution in [0.4, 0.5) is 0 Å². The largest absolute Gasteiger partial charge is 0.465 e. The van der Waals surface area contributed by atoms with Crippen LogP contribution in [0.5, 0.6) is 0 Å². The van der Waals surface area contributed by atoms with Gasteiger partial charge in [0.1, 0.15) is 11.5 Å². The van der Waals surface area contributed by atoms with Crippen molar-refractivity contribution in [3.63, 3.8) is 0 Å². The fourth-order valence-electron chi connectivity index (χ4n) is 1.68. The lowest BCUT2D eigenvalue weighted by atomic mass is 10.2. The molecule has 0 aliphatic carbocycles. The molecule has 1 atom stereocenters. The summed E-state index contributed by atoms with van der Waals surface area (Å²) in [6.07, 6.45) is 1.03. The highest BCUT2D eigenvalue weighted by Crippen LogP contribution is 2.18. The summed E-state index contributed by atoms with van der Waals surface area (Å²) in [7, 11) is -1.38. The first kappa shape index (κ1) is 14.5. The summed E-state index contributed by atoms with van der Waals surface area (Å²) in [5.41, 5.74) is 0. The molecule has 0 aliphatic heterocycles. The summed E-state index contributed by atoms with van der Waals surface area (Å²) in [6.45, 7) is 12.4. The van der Waals surface area contributed by atoms with Gasteiger partial charge in [-0.05, 0) is 45.1 Å². The Balaban J connectivity index is 2.33. The van der Waals surface area contributed by atoms with Gasteiger partial charge < -0.3 is 14.2 Å². The molecule has 1 aromatic heterocycles. The van der Waals surface area contributed by atoms with Crippen LogP contribution in [-0.4, -0.2) is 21.5 Å². The van der Waals surface area contributed by atoms with Crippen molar-refractivity contribution in [2.75, 3.05) is 13.2 Å². The molecule has 0 aliphatic rings. The molecule has 0 spiro atoms. The van der Waals surface area contributed by atoms with Gasteiger partial charge >= 0.3 is 0 Å². The predicted octanol–water partition coefficient (Wildman–Crippen LogP) is 3.48. The Morgan fingerprint density at radius 3 is 2.53 bits per heavy atom. The van der Waals surface area contributed by atoms with Gasteiger partial charge in [0.2, 0.25) is 0 Å². The highest BCUT2D eigenvalue weighted by molar-refractivity contribution is 6.69. The van der Waals surface area contributed by atoms with Crippen molar-refractivity contribution in [2.24, 2.45) is 0 Å². The average molecular weight is 255 g/mol. The van der Waals surface area contributed by atoms with E-state index < -0.39 is 8.32 Å². The molecule has 1 aromatic rings. The number of rotatable bonds is 7. The first-order valence-electron chi connectivity index (χ1n) is 6.36. The van der Waals surface area contributed by atoms with E-state index in [1.807, 2.05) is 13.0 Å². The zero-order valence-corrected chi connectivity index (χ0v) is 12.7. The molecule has 4 heteroatoms. The van der Waals surface area contributed by atoms with Gasteiger partial charge in [0, 0.05) is 13.2 Å². The molecule has 3 nitrogen and oxygen atoms in total. The Morgan fingerprint density at radius 1 is 1.35 bits per heavy atom. The fraction of sp³-hybridized carbons (Fsp3) is 0.692. The van der Waals surface area contributed by atoms with Crippen molar-refractivity contribution >= 4 is 8.32 Å². The Hall–Kier alpha value is -0.583. The lowest BCUT2D eigenvalue weighted by Gasteiger charge is -2.19. The molecule has 0 saturated carbocycles. The van der Waals surface area contributed by atoms with Crippen molar-refractivity contribution in [2.45, 2.75) is 46.0 Å². The predicted molar refractivity (Wildman–Crippen MR) is 73.8 cm³/mol. The maximum Gasteiger partial charge on any atom is 0.183 e. The quantitative estimate of drug-likeness (QED) is 0.598. The van der Waals surface area contributed by atoms with Gasteiger partial charge in [-0.25, -0.2) is 0 Å². The normalized spacial score (nSPS) is 13.9. The molecule has 1 heterocycles. The van der Waals surface area contributed by atoms with E-state index in [-0.39, 0.29) is 0 Å². The molecule has 98 valence electrons. The molecule has 0 saturated heterocycles. The SMILES string of the molecule is CC[C@@H](NCCO[Si](C)(C)C)c1ccc(C)o1. The second-order valence-corrected chi connectivity index (χ2v) is 9.84. The standard InChI is InChI=1S/C13H25NO2Si/c1-6-12(13-8-7-11(2)16-13)14-9-10-15-17(3,4)5/h7-8,12,14H,6,9-10H2,1-5H3/t12-/m1/s1. The van der Waals surface area contributed by atoms with Gasteiger partial charge in [0.05, 0.1) is 6.04 Å². The lowest BCUT2D eigenvalue weighted by molar-refractivity contribution is 0.290. The molecular weight excluding hydrogens is 230 g/mol. The highest BCUT2D eigenvalue weighted by Gasteiger charge is 2.15. The van der Waals surface area contributed by atoms with Crippen molar-refractivity contribution < 1.29 is 8.84 Å². The van der Waals surface area contributed by atoms with Gasteiger partial charge in [0.15, 0.2) is 8.32 Å². The molecule has 0 radical (unpaired) electrons. The minimum absolute atomic E-state index is 0.300. The zero-order chi connectivity index (χ0) is 12.9. The van der Waals surface area contributed by atoms with Crippen LogP contribution in [0.1, 0.15) is 30.9 Å². The third kappa shape index (κ3) is 5.52. The van der Waals surface area contributed by atoms with E-state index in [4.69, 9.17) is 8.84 Å². The Labute approximate surface area is 106 Å². The summed E-state index contributed by atoms with van der Waals surface area (Å²) >= 11 is 0. The van der Waals surface area contributed by atoms with E-state index in [0.29, 0.717) is 6.04 Å². The molecule has 0 bridgehead atoms. The molecule has 17 heavy (non-hydrogen) atoms. The van der Waals surface area contributed by atoms with Crippen LogP contribution >= 0.6 is 0 Å². The number of hydrogen-bond donors (Lipinski definition) is 1. The van der Waals surface area contributed by atoms with Crippen molar-refractivity contribution in [3.05, 3.63) is 23.7 Å². The van der Waals surface area contributed by atoms with Crippen LogP contribution < -0.4 is 5.32 Å². The van der Waals surface area contributed by atoms with E-state index in [0.717, 1.165) is 31.1 Å². The Kier molecular flexibility index (Phi) is 5.43. The second kappa shape index (κ2) is 6.38. The molecule has 0 amide bonds. The number of aryl methyl sites for hydroxylation is 1. The summed E-state index contributed by atoms with van der Waals surface area (Å²) in [6, 6.07) is 4.36. The smallest absolute Gasteiger partial charge is 0.183 e. The fourth-order valence-corrected chi connectivity index (χ4v) is 2.39. The molecular formula is C13H25NO2Si. The monoisotopic (exact) mass is 255 g/mol. The Bertz CT molecular complexity index is 330. The Morgan fingerprint density at radius 2 is 2.06 bits per heavy atom. The molecule has 1 N–H and O–H groups in total. The molecule has 1 rings (SSSR count). The molecule has 0 aromatic carbocycles. The van der Waals surface area contributed by atoms with Gasteiger partial charge in [-0.2, -0.15) is 0 Å². The van der Waals surface area contributed by atoms with Crippen LogP contribution in [0.25, 0.3) is 0 Å². The average Bonchev–Trinajstić information content (AvgIpc) is 2.63. The number of hydrogen-bond acceptors (Lipinski definition) is 3. The topological polar surface area (TPSA) is 34.4 Å². The summed E-state index contributed by atoms with van der Waals surface area (Å²) < 4.78 is 11.5. The summed E-state index contributed by atoms with van der Waals surface area (Å²) in [5.74, 6) is 2.00. The second-order valence-electron chi connectivity index (χ2n) is 5.32. The first-order chi connectivity index (χ1) is 7.92. The minimum Gasteiger partial charge on any atom is -0.465 e. The van der Waals surface area contributed by atoms with Crippen LogP contribution in [-0.2, 0) is 4.43 Å². The van der Waals surface area contributed by atoms with Crippen LogP contribution in [0.15, 0.2) is 16.5 Å². The van der Waals surface area contributed by atoms with Crippen molar-refractivity contribution in [1.82, 2.24) is 5.32 Å². The summed E-state index contributed by atoms with van der Waals surface area (Å²) in [4.78, 5) is 0. The van der Waals surface area contributed by atoms with E-state index in [1.165, 1.54) is 0 Å². The van der Waals surface area contributed by atoms with Crippen LogP contribution in [0.2, 0.25) is 19.6 Å². The van der Waals surface area contributed by atoms with E-state index in [9.17, 15) is 0 Å². The third-order valence-electron chi connectivity index (χ3n) is 2.54. The highest BCUT2D eigenvalue weighted by atomic mass is 28.4. The first-order valence-corrected chi connectivity index (χ1v) is 9.77. The van der Waals surface area contributed by atoms with Gasteiger partial charge in [-0.1, -0.05) is 6.92 Å². The van der Waals surface area contributed by atoms with Gasteiger partial charge in [-0.3, -0.25) is 0 Å². The van der Waals surface area contributed by atoms with Crippen LogP contribution in [0, 0.1) is 6.92 Å². The maximum atomic E-state index is 5.81. The summed E-state index contributed by atoms with van der Waals surface area (Å²) in [5, 5.41) is 3.48. The van der Waals surface area contributed by atoms with E-state index in [1.54, 1.807) is 0 Å². The number of furan rings is 1. The zero-order valence-electron chi connectivity index (χ0n) is 11.7. The maximum absolute atomic E-state index is 5.81. The minimum atomic E-state index is -1.38. The third-order valence-corrected chi connectivity index (χ3v) is 3.61. The van der Waals surface area contributed by atoms with E-state index in [2.05, 4.69) is 37.9 Å². The van der Waals surface area contributed by atoms with Crippen molar-refractivity contribution in [3.8, 4) is 0 Å².